The first-order valence-corrected chi connectivity index (χ1v) is 5.03. The van der Waals surface area contributed by atoms with Crippen molar-refractivity contribution in [1.29, 1.82) is 0 Å². The number of rotatable bonds is 2. The minimum absolute atomic E-state index is 0. The molecule has 0 saturated carbocycles. The Morgan fingerprint density at radius 1 is 1.50 bits per heavy atom. The number of phenolic OH excluding ortho intramolecular Hbond substituents is 1. The smallest absolute Gasteiger partial charge is 0.142 e. The Hall–Kier alpha value is -1.71. The van der Waals surface area contributed by atoms with Gasteiger partial charge in [-0.2, -0.15) is 0 Å². The van der Waals surface area contributed by atoms with Crippen molar-refractivity contribution in [2.24, 2.45) is 0 Å². The SMILES string of the molecule is C.Nc1cc(O)ccc1N1CCCC1C=O. The first kappa shape index (κ1) is 12.4. The lowest BCUT2D eigenvalue weighted by molar-refractivity contribution is -0.108. The van der Waals surface area contributed by atoms with Gasteiger partial charge in [-0.3, -0.25) is 0 Å². The van der Waals surface area contributed by atoms with Crippen molar-refractivity contribution >= 4 is 17.7 Å². The van der Waals surface area contributed by atoms with Crippen LogP contribution < -0.4 is 10.6 Å². The summed E-state index contributed by atoms with van der Waals surface area (Å²) in [4.78, 5) is 12.8. The van der Waals surface area contributed by atoms with Crippen molar-refractivity contribution < 1.29 is 9.90 Å². The zero-order chi connectivity index (χ0) is 10.8. The molecule has 1 unspecified atom stereocenters. The van der Waals surface area contributed by atoms with E-state index in [2.05, 4.69) is 0 Å². The molecule has 1 saturated heterocycles. The van der Waals surface area contributed by atoms with Crippen LogP contribution in [-0.4, -0.2) is 24.0 Å². The second kappa shape index (κ2) is 4.88. The van der Waals surface area contributed by atoms with Gasteiger partial charge in [0.1, 0.15) is 12.0 Å². The van der Waals surface area contributed by atoms with Gasteiger partial charge in [0.25, 0.3) is 0 Å². The third kappa shape index (κ3) is 2.10. The van der Waals surface area contributed by atoms with Crippen molar-refractivity contribution in [3.63, 3.8) is 0 Å². The van der Waals surface area contributed by atoms with Crippen LogP contribution in [0.1, 0.15) is 20.3 Å². The maximum Gasteiger partial charge on any atom is 0.142 e. The van der Waals surface area contributed by atoms with Crippen LogP contribution in [0.2, 0.25) is 0 Å². The molecule has 0 aliphatic carbocycles. The third-order valence-electron chi connectivity index (χ3n) is 2.78. The zero-order valence-electron chi connectivity index (χ0n) is 8.39. The molecule has 1 fully saturated rings. The van der Waals surface area contributed by atoms with E-state index in [0.717, 1.165) is 31.4 Å². The number of nitrogen functional groups attached to an aromatic ring is 1. The third-order valence-corrected chi connectivity index (χ3v) is 2.78. The summed E-state index contributed by atoms with van der Waals surface area (Å²) in [5.41, 5.74) is 7.15. The van der Waals surface area contributed by atoms with Crippen LogP contribution in [0.15, 0.2) is 18.2 Å². The van der Waals surface area contributed by atoms with Crippen LogP contribution in [0.3, 0.4) is 0 Å². The van der Waals surface area contributed by atoms with Crippen LogP contribution in [0.4, 0.5) is 11.4 Å². The first-order valence-electron chi connectivity index (χ1n) is 5.03. The molecular weight excluding hydrogens is 204 g/mol. The van der Waals surface area contributed by atoms with E-state index in [4.69, 9.17) is 5.73 Å². The van der Waals surface area contributed by atoms with Crippen LogP contribution in [-0.2, 0) is 4.79 Å². The summed E-state index contributed by atoms with van der Waals surface area (Å²) >= 11 is 0. The van der Waals surface area contributed by atoms with E-state index in [-0.39, 0.29) is 19.2 Å². The van der Waals surface area contributed by atoms with Gasteiger partial charge in [0.05, 0.1) is 17.4 Å². The summed E-state index contributed by atoms with van der Waals surface area (Å²) in [5, 5.41) is 9.24. The minimum atomic E-state index is -0.0724. The number of aldehydes is 1. The molecule has 3 N–H and O–H groups in total. The number of phenols is 1. The lowest BCUT2D eigenvalue weighted by Crippen LogP contribution is -2.30. The number of anilines is 2. The maximum absolute atomic E-state index is 10.8. The number of carbonyl (C=O) groups is 1. The van der Waals surface area contributed by atoms with E-state index in [1.165, 1.54) is 6.07 Å². The van der Waals surface area contributed by atoms with Gasteiger partial charge in [-0.1, -0.05) is 7.43 Å². The second-order valence-electron chi connectivity index (χ2n) is 3.78. The van der Waals surface area contributed by atoms with Crippen molar-refractivity contribution in [2.45, 2.75) is 26.3 Å². The summed E-state index contributed by atoms with van der Waals surface area (Å²) in [5.74, 6) is 0.151. The zero-order valence-corrected chi connectivity index (χ0v) is 8.39. The molecule has 1 aromatic carbocycles. The largest absolute Gasteiger partial charge is 0.508 e. The summed E-state index contributed by atoms with van der Waals surface area (Å²) in [7, 11) is 0. The molecule has 0 spiro atoms. The van der Waals surface area contributed by atoms with E-state index >= 15 is 0 Å². The second-order valence-corrected chi connectivity index (χ2v) is 3.78. The molecule has 0 bridgehead atoms. The number of hydrogen-bond donors (Lipinski definition) is 2. The Kier molecular flexibility index (Phi) is 3.77. The van der Waals surface area contributed by atoms with E-state index in [9.17, 15) is 9.90 Å². The summed E-state index contributed by atoms with van der Waals surface area (Å²) in [6, 6.07) is 4.78. The molecule has 4 heteroatoms. The normalized spacial score (nSPS) is 19.2. The number of benzene rings is 1. The summed E-state index contributed by atoms with van der Waals surface area (Å²) < 4.78 is 0. The molecule has 2 rings (SSSR count). The van der Waals surface area contributed by atoms with Gasteiger partial charge < -0.3 is 20.5 Å². The van der Waals surface area contributed by atoms with E-state index in [1.807, 2.05) is 4.90 Å². The average Bonchev–Trinajstić information content (AvgIpc) is 2.65. The number of hydrogen-bond acceptors (Lipinski definition) is 4. The van der Waals surface area contributed by atoms with Gasteiger partial charge in [-0.15, -0.1) is 0 Å². The fourth-order valence-electron chi connectivity index (χ4n) is 2.04. The van der Waals surface area contributed by atoms with Crippen molar-refractivity contribution in [3.05, 3.63) is 18.2 Å². The lowest BCUT2D eigenvalue weighted by Gasteiger charge is -2.24. The number of nitrogens with zero attached hydrogens (tertiary/aromatic N) is 1. The predicted molar refractivity (Wildman–Crippen MR) is 65.7 cm³/mol. The lowest BCUT2D eigenvalue weighted by atomic mass is 10.2. The summed E-state index contributed by atoms with van der Waals surface area (Å²) in [6.45, 7) is 0.846. The van der Waals surface area contributed by atoms with Crippen molar-refractivity contribution in [2.75, 3.05) is 17.2 Å². The summed E-state index contributed by atoms with van der Waals surface area (Å²) in [6.07, 6.45) is 2.84. The Morgan fingerprint density at radius 2 is 2.25 bits per heavy atom. The van der Waals surface area contributed by atoms with Gasteiger partial charge in [0.2, 0.25) is 0 Å². The van der Waals surface area contributed by atoms with Crippen LogP contribution in [0.5, 0.6) is 5.75 Å². The molecule has 0 radical (unpaired) electrons. The quantitative estimate of drug-likeness (QED) is 0.591. The Bertz CT molecular complexity index is 379. The highest BCUT2D eigenvalue weighted by atomic mass is 16.3. The molecule has 88 valence electrons. The number of carbonyl (C=O) groups excluding carboxylic acids is 1. The van der Waals surface area contributed by atoms with E-state index in [0.29, 0.717) is 5.69 Å². The van der Waals surface area contributed by atoms with E-state index in [1.54, 1.807) is 12.1 Å². The fourth-order valence-corrected chi connectivity index (χ4v) is 2.04. The van der Waals surface area contributed by atoms with Crippen LogP contribution in [0.25, 0.3) is 0 Å². The predicted octanol–water partition coefficient (Wildman–Crippen LogP) is 1.78. The van der Waals surface area contributed by atoms with Gasteiger partial charge in [-0.05, 0) is 25.0 Å². The number of nitrogens with two attached hydrogens (primary N) is 1. The van der Waals surface area contributed by atoms with Crippen molar-refractivity contribution in [3.8, 4) is 5.75 Å². The van der Waals surface area contributed by atoms with Gasteiger partial charge in [0, 0.05) is 12.6 Å². The van der Waals surface area contributed by atoms with E-state index < -0.39 is 0 Å². The Balaban J connectivity index is 0.00000128. The number of aromatic hydroxyl groups is 1. The molecular formula is C12H18N2O2. The van der Waals surface area contributed by atoms with Crippen LogP contribution >= 0.6 is 0 Å². The molecule has 1 aliphatic rings. The molecule has 1 heterocycles. The fraction of sp³-hybridized carbons (Fsp3) is 0.417. The molecule has 1 atom stereocenters. The highest BCUT2D eigenvalue weighted by Crippen LogP contribution is 2.31. The Labute approximate surface area is 95.7 Å². The highest BCUT2D eigenvalue weighted by molar-refractivity contribution is 5.75. The Morgan fingerprint density at radius 3 is 2.88 bits per heavy atom. The average molecular weight is 222 g/mol. The van der Waals surface area contributed by atoms with Gasteiger partial charge in [0.15, 0.2) is 0 Å². The van der Waals surface area contributed by atoms with Crippen molar-refractivity contribution in [1.82, 2.24) is 0 Å². The van der Waals surface area contributed by atoms with Gasteiger partial charge in [-0.25, -0.2) is 0 Å². The molecule has 4 nitrogen and oxygen atoms in total. The first-order chi connectivity index (χ1) is 7.22. The molecule has 1 aliphatic heterocycles. The minimum Gasteiger partial charge on any atom is -0.508 e. The molecule has 0 amide bonds. The maximum atomic E-state index is 10.8. The topological polar surface area (TPSA) is 66.6 Å². The standard InChI is InChI=1S/C11H14N2O2.CH4/c12-10-6-9(15)3-4-11(10)13-5-1-2-8(13)7-14;/h3-4,6-8,15H,1-2,5,12H2;1H4. The molecule has 0 aromatic heterocycles. The highest BCUT2D eigenvalue weighted by Gasteiger charge is 2.25. The molecule has 16 heavy (non-hydrogen) atoms. The van der Waals surface area contributed by atoms with Gasteiger partial charge >= 0.3 is 0 Å². The van der Waals surface area contributed by atoms with Crippen LogP contribution in [0, 0.1) is 0 Å². The monoisotopic (exact) mass is 222 g/mol. The molecule has 1 aromatic rings.